The van der Waals surface area contributed by atoms with Crippen molar-refractivity contribution in [2.75, 3.05) is 23.4 Å². The van der Waals surface area contributed by atoms with Crippen molar-refractivity contribution in [1.29, 1.82) is 0 Å². The van der Waals surface area contributed by atoms with Gasteiger partial charge in [0.25, 0.3) is 5.91 Å². The fourth-order valence-corrected chi connectivity index (χ4v) is 11.0. The molecule has 3 aromatic carbocycles. The maximum Gasteiger partial charge on any atom is 0.264 e. The molecule has 11 nitrogen and oxygen atoms in total. The quantitative estimate of drug-likeness (QED) is 0.168. The third kappa shape index (κ3) is 6.30. The smallest absolute Gasteiger partial charge is 0.264 e. The largest absolute Gasteiger partial charge is 0.432 e. The van der Waals surface area contributed by atoms with Crippen LogP contribution in [0.1, 0.15) is 54.5 Å². The van der Waals surface area contributed by atoms with Crippen molar-refractivity contribution in [1.82, 2.24) is 20.3 Å². The highest BCUT2D eigenvalue weighted by Crippen LogP contribution is 2.59. The Labute approximate surface area is 293 Å². The first-order valence-corrected chi connectivity index (χ1v) is 20.6. The Kier molecular flexibility index (Phi) is 9.48. The number of anilines is 2. The summed E-state index contributed by atoms with van der Waals surface area (Å²) in [5, 5.41) is 25.1. The van der Waals surface area contributed by atoms with Crippen molar-refractivity contribution in [3.63, 3.8) is 0 Å². The number of para-hydroxylation sites is 1. The van der Waals surface area contributed by atoms with Gasteiger partial charge in [0.1, 0.15) is 0 Å². The maximum absolute atomic E-state index is 14.7. The fraction of sp³-hybridized carbons (Fsp3) is 0.421. The highest BCUT2D eigenvalue weighted by Gasteiger charge is 2.66. The number of nitrogens with zero attached hydrogens (tertiary/aromatic N) is 4. The first-order valence-electron chi connectivity index (χ1n) is 17.6. The predicted molar refractivity (Wildman–Crippen MR) is 193 cm³/mol. The molecule has 2 fully saturated rings. The van der Waals surface area contributed by atoms with Crippen molar-refractivity contribution in [3.05, 3.63) is 107 Å². The number of aryl methyl sites for hydroxylation is 1. The van der Waals surface area contributed by atoms with Gasteiger partial charge in [-0.05, 0) is 68.2 Å². The second-order valence-electron chi connectivity index (χ2n) is 14.4. The molecule has 3 aliphatic heterocycles. The Balaban J connectivity index is 1.10. The van der Waals surface area contributed by atoms with Gasteiger partial charge in [0.15, 0.2) is 13.9 Å². The van der Waals surface area contributed by atoms with E-state index in [1.54, 1.807) is 9.58 Å². The van der Waals surface area contributed by atoms with Crippen molar-refractivity contribution < 1.29 is 24.2 Å². The molecule has 1 aromatic heterocycles. The topological polar surface area (TPSA) is 142 Å². The lowest BCUT2D eigenvalue weighted by atomic mass is 9.82. The molecule has 0 bridgehead atoms. The lowest BCUT2D eigenvalue weighted by molar-refractivity contribution is -0.146. The van der Waals surface area contributed by atoms with Gasteiger partial charge in [0.2, 0.25) is 5.91 Å². The van der Waals surface area contributed by atoms with E-state index in [4.69, 9.17) is 4.74 Å². The van der Waals surface area contributed by atoms with Crippen LogP contribution < -0.4 is 15.5 Å². The molecule has 4 N–H and O–H groups in total. The van der Waals surface area contributed by atoms with Crippen LogP contribution in [0.5, 0.6) is 0 Å². The van der Waals surface area contributed by atoms with Crippen molar-refractivity contribution in [2.24, 2.45) is 5.92 Å². The summed E-state index contributed by atoms with van der Waals surface area (Å²) in [7, 11) is -2.83. The molecule has 4 heterocycles. The Bertz CT molecular complexity index is 1820. The monoisotopic (exact) mass is 694 g/mol. The first kappa shape index (κ1) is 34.3. The number of carbonyl (C=O) groups is 2. The SMILES string of the molecule is C[C@@H]1[C@@H]([Si](C)(C)O)[C@H](CCn2cc(C(CO)c3ccccc3)nn2)O[C@@]12C(=O)N(Cc1ccc(NC(=O)[C@H]3CCCN3)cc1)c1ccccc12. The van der Waals surface area contributed by atoms with Gasteiger partial charge in [0.05, 0.1) is 42.6 Å². The van der Waals surface area contributed by atoms with Crippen LogP contribution in [0.15, 0.2) is 85.1 Å². The van der Waals surface area contributed by atoms with Gasteiger partial charge < -0.3 is 30.2 Å². The van der Waals surface area contributed by atoms with E-state index >= 15 is 0 Å². The maximum atomic E-state index is 14.7. The molecule has 1 spiro atoms. The predicted octanol–water partition coefficient (Wildman–Crippen LogP) is 4.53. The summed E-state index contributed by atoms with van der Waals surface area (Å²) in [6.45, 7) is 7.49. The number of hydrogen-bond donors (Lipinski definition) is 4. The molecule has 0 radical (unpaired) electrons. The third-order valence-electron chi connectivity index (χ3n) is 10.8. The number of benzene rings is 3. The van der Waals surface area contributed by atoms with Crippen LogP contribution in [0, 0.1) is 5.92 Å². The number of amides is 2. The van der Waals surface area contributed by atoms with Crippen molar-refractivity contribution in [2.45, 2.75) is 81.6 Å². The summed E-state index contributed by atoms with van der Waals surface area (Å²) in [6, 6.07) is 25.1. The molecule has 2 saturated heterocycles. The molecular formula is C38H46N6O5Si. The molecule has 4 aromatic rings. The second-order valence-corrected chi connectivity index (χ2v) is 18.4. The minimum absolute atomic E-state index is 0.0292. The van der Waals surface area contributed by atoms with Crippen LogP contribution in [0.2, 0.25) is 18.6 Å². The van der Waals surface area contributed by atoms with E-state index in [9.17, 15) is 19.5 Å². The normalized spacial score (nSPS) is 25.3. The van der Waals surface area contributed by atoms with E-state index in [1.165, 1.54) is 0 Å². The Hall–Kier alpha value is -4.20. The summed E-state index contributed by atoms with van der Waals surface area (Å²) >= 11 is 0. The van der Waals surface area contributed by atoms with Crippen LogP contribution in [0.4, 0.5) is 11.4 Å². The molecule has 0 aliphatic carbocycles. The van der Waals surface area contributed by atoms with Gasteiger partial charge in [-0.3, -0.25) is 14.3 Å². The number of carbonyl (C=O) groups excluding carboxylic acids is 2. The van der Waals surface area contributed by atoms with Gasteiger partial charge in [0, 0.05) is 35.5 Å². The van der Waals surface area contributed by atoms with Gasteiger partial charge in [-0.2, -0.15) is 0 Å². The van der Waals surface area contributed by atoms with E-state index in [0.29, 0.717) is 25.2 Å². The summed E-state index contributed by atoms with van der Waals surface area (Å²) in [5.74, 6) is -0.713. The summed E-state index contributed by atoms with van der Waals surface area (Å²) in [5.41, 5.74) is 3.48. The number of aliphatic hydroxyl groups is 1. The molecule has 262 valence electrons. The highest BCUT2D eigenvalue weighted by molar-refractivity contribution is 6.71. The average molecular weight is 695 g/mol. The first-order chi connectivity index (χ1) is 24.1. The molecule has 2 amide bonds. The standard InChI is InChI=1S/C38H46N6O5Si/c1-25-35(50(2,3)48)34(19-21-43-23-32(41-42-43)29(24-45)27-10-5-4-6-11-27)49-38(25)30-12-7-8-14-33(30)44(37(38)47)22-26-15-17-28(18-16-26)40-36(46)31-13-9-20-39-31/h4-8,10-12,14-18,23,25,29,31,34-35,39,45,48H,9,13,19-22,24H2,1-3H3,(H,40,46)/t25-,29?,31-,34+,35-,38+/m1/s1. The Morgan fingerprint density at radius 3 is 2.54 bits per heavy atom. The van der Waals surface area contributed by atoms with Crippen LogP contribution in [-0.4, -0.2) is 70.3 Å². The number of aliphatic hydroxyl groups excluding tert-OH is 1. The average Bonchev–Trinajstić information content (AvgIpc) is 3.91. The zero-order chi connectivity index (χ0) is 35.0. The minimum atomic E-state index is -2.83. The number of rotatable bonds is 11. The molecule has 12 heteroatoms. The van der Waals surface area contributed by atoms with Gasteiger partial charge >= 0.3 is 0 Å². The lowest BCUT2D eigenvalue weighted by Crippen LogP contribution is -2.46. The molecule has 0 saturated carbocycles. The minimum Gasteiger partial charge on any atom is -0.432 e. The zero-order valence-electron chi connectivity index (χ0n) is 28.8. The molecular weight excluding hydrogens is 649 g/mol. The van der Waals surface area contributed by atoms with Gasteiger partial charge in [-0.25, -0.2) is 0 Å². The summed E-state index contributed by atoms with van der Waals surface area (Å²) < 4.78 is 8.73. The van der Waals surface area contributed by atoms with Crippen LogP contribution >= 0.6 is 0 Å². The van der Waals surface area contributed by atoms with E-state index in [-0.39, 0.29) is 47.9 Å². The van der Waals surface area contributed by atoms with E-state index in [2.05, 4.69) is 20.9 Å². The number of hydrogen-bond acceptors (Lipinski definition) is 8. The molecule has 7 rings (SSSR count). The van der Waals surface area contributed by atoms with E-state index in [0.717, 1.165) is 47.5 Å². The Morgan fingerprint density at radius 1 is 1.10 bits per heavy atom. The van der Waals surface area contributed by atoms with Gasteiger partial charge in [-0.15, -0.1) is 5.10 Å². The zero-order valence-corrected chi connectivity index (χ0v) is 29.8. The van der Waals surface area contributed by atoms with Crippen LogP contribution in [0.25, 0.3) is 0 Å². The fourth-order valence-electron chi connectivity index (χ4n) is 8.37. The van der Waals surface area contributed by atoms with Crippen molar-refractivity contribution >= 4 is 31.5 Å². The van der Waals surface area contributed by atoms with E-state index in [1.807, 2.05) is 105 Å². The summed E-state index contributed by atoms with van der Waals surface area (Å²) in [4.78, 5) is 40.8. The number of aromatic nitrogens is 3. The summed E-state index contributed by atoms with van der Waals surface area (Å²) in [6.07, 6.45) is 3.83. The van der Waals surface area contributed by atoms with E-state index < -0.39 is 13.9 Å². The Morgan fingerprint density at radius 2 is 1.84 bits per heavy atom. The number of nitrogens with one attached hydrogen (secondary N) is 2. The molecule has 50 heavy (non-hydrogen) atoms. The van der Waals surface area contributed by atoms with Gasteiger partial charge in [-0.1, -0.05) is 72.8 Å². The molecule has 3 aliphatic rings. The van der Waals surface area contributed by atoms with Crippen LogP contribution in [0.3, 0.4) is 0 Å². The molecule has 6 atom stereocenters. The number of ether oxygens (including phenoxy) is 1. The van der Waals surface area contributed by atoms with Crippen LogP contribution in [-0.2, 0) is 33.0 Å². The highest BCUT2D eigenvalue weighted by atomic mass is 28.4. The lowest BCUT2D eigenvalue weighted by Gasteiger charge is -2.32. The third-order valence-corrected chi connectivity index (χ3v) is 13.3. The van der Waals surface area contributed by atoms with Crippen molar-refractivity contribution in [3.8, 4) is 0 Å². The molecule has 1 unspecified atom stereocenters. The number of fused-ring (bicyclic) bond motifs is 2. The second kappa shape index (κ2) is 13.8.